The fraction of sp³-hybridized carbons (Fsp3) is 0.435. The molecule has 4 heterocycles. The summed E-state index contributed by atoms with van der Waals surface area (Å²) >= 11 is 0. The van der Waals surface area contributed by atoms with Gasteiger partial charge in [-0.25, -0.2) is 4.52 Å². The third-order valence-corrected chi connectivity index (χ3v) is 5.96. The molecule has 0 aliphatic carbocycles. The second kappa shape index (κ2) is 9.78. The molecule has 0 bridgehead atoms. The molecular formula is C23H30N6O2. The van der Waals surface area contributed by atoms with Gasteiger partial charge in [0.2, 0.25) is 6.41 Å². The lowest BCUT2D eigenvalue weighted by Crippen LogP contribution is -2.43. The van der Waals surface area contributed by atoms with Gasteiger partial charge in [-0.05, 0) is 37.6 Å². The Morgan fingerprint density at radius 1 is 1.29 bits per heavy atom. The van der Waals surface area contributed by atoms with Crippen LogP contribution in [0.4, 0.5) is 5.69 Å². The van der Waals surface area contributed by atoms with Crippen molar-refractivity contribution in [3.05, 3.63) is 42.9 Å². The van der Waals surface area contributed by atoms with Crippen molar-refractivity contribution >= 4 is 17.6 Å². The van der Waals surface area contributed by atoms with Gasteiger partial charge in [0.05, 0.1) is 23.8 Å². The number of ether oxygens (including phenoxy) is 1. The molecule has 0 radical (unpaired) electrons. The molecule has 0 saturated carbocycles. The number of hydrogen-bond donors (Lipinski definition) is 2. The first-order valence-corrected chi connectivity index (χ1v) is 10.9. The van der Waals surface area contributed by atoms with Crippen molar-refractivity contribution in [2.45, 2.75) is 26.4 Å². The predicted molar refractivity (Wildman–Crippen MR) is 121 cm³/mol. The number of piperazine rings is 1. The van der Waals surface area contributed by atoms with Crippen molar-refractivity contribution in [2.24, 2.45) is 5.92 Å². The number of anilines is 1. The standard InChI is InChI=1S/C23H30N6O2/c1-3-18(13-25-16-30)17(2)31-23-12-19(15-29-22(23)6-7-27-29)21-5-4-20(14-26-21)28-10-8-24-9-11-28/h4-7,12,14-18,24H,3,8-11,13H2,1-2H3,(H,25,30). The Morgan fingerprint density at radius 3 is 2.84 bits per heavy atom. The number of nitrogens with zero attached hydrogens (tertiary/aromatic N) is 4. The minimum Gasteiger partial charge on any atom is -0.488 e. The molecule has 0 aromatic carbocycles. The topological polar surface area (TPSA) is 83.8 Å². The fourth-order valence-corrected chi connectivity index (χ4v) is 4.04. The summed E-state index contributed by atoms with van der Waals surface area (Å²) in [7, 11) is 0. The average Bonchev–Trinajstić information content (AvgIpc) is 3.29. The van der Waals surface area contributed by atoms with Crippen molar-refractivity contribution in [3.63, 3.8) is 0 Å². The smallest absolute Gasteiger partial charge is 0.207 e. The summed E-state index contributed by atoms with van der Waals surface area (Å²) in [5.41, 5.74) is 3.88. The summed E-state index contributed by atoms with van der Waals surface area (Å²) in [6.07, 6.45) is 7.27. The molecule has 2 unspecified atom stereocenters. The van der Waals surface area contributed by atoms with Gasteiger partial charge in [-0.15, -0.1) is 0 Å². The van der Waals surface area contributed by atoms with E-state index in [4.69, 9.17) is 9.72 Å². The van der Waals surface area contributed by atoms with Crippen LogP contribution in [0.15, 0.2) is 42.9 Å². The normalized spacial score (nSPS) is 16.1. The maximum Gasteiger partial charge on any atom is 0.207 e. The quantitative estimate of drug-likeness (QED) is 0.515. The van der Waals surface area contributed by atoms with E-state index < -0.39 is 0 Å². The Labute approximate surface area is 182 Å². The van der Waals surface area contributed by atoms with Crippen LogP contribution >= 0.6 is 0 Å². The van der Waals surface area contributed by atoms with Crippen LogP contribution in [-0.4, -0.2) is 59.8 Å². The summed E-state index contributed by atoms with van der Waals surface area (Å²) < 4.78 is 8.18. The Morgan fingerprint density at radius 2 is 2.13 bits per heavy atom. The van der Waals surface area contributed by atoms with Crippen LogP contribution in [0.2, 0.25) is 0 Å². The van der Waals surface area contributed by atoms with Crippen LogP contribution < -0.4 is 20.3 Å². The van der Waals surface area contributed by atoms with Gasteiger partial charge < -0.3 is 20.3 Å². The Balaban J connectivity index is 1.58. The van der Waals surface area contributed by atoms with Gasteiger partial charge >= 0.3 is 0 Å². The van der Waals surface area contributed by atoms with E-state index in [-0.39, 0.29) is 12.0 Å². The molecule has 2 atom stereocenters. The molecule has 1 aliphatic rings. The van der Waals surface area contributed by atoms with Gasteiger partial charge in [0.25, 0.3) is 0 Å². The monoisotopic (exact) mass is 422 g/mol. The highest BCUT2D eigenvalue weighted by atomic mass is 16.5. The third-order valence-electron chi connectivity index (χ3n) is 5.96. The number of hydrogen-bond acceptors (Lipinski definition) is 6. The Hall–Kier alpha value is -3.13. The molecule has 164 valence electrons. The number of rotatable bonds is 9. The van der Waals surface area contributed by atoms with Crippen molar-refractivity contribution in [3.8, 4) is 17.0 Å². The molecule has 8 nitrogen and oxygen atoms in total. The van der Waals surface area contributed by atoms with Gasteiger partial charge in [-0.3, -0.25) is 9.78 Å². The number of pyridine rings is 2. The number of amides is 1. The van der Waals surface area contributed by atoms with Crippen molar-refractivity contribution < 1.29 is 9.53 Å². The minimum atomic E-state index is -0.0607. The Bertz CT molecular complexity index is 997. The highest BCUT2D eigenvalue weighted by Crippen LogP contribution is 2.29. The lowest BCUT2D eigenvalue weighted by molar-refractivity contribution is -0.109. The molecule has 31 heavy (non-hydrogen) atoms. The number of aromatic nitrogens is 3. The minimum absolute atomic E-state index is 0.0607. The summed E-state index contributed by atoms with van der Waals surface area (Å²) in [6.45, 7) is 8.72. The Kier molecular flexibility index (Phi) is 6.66. The summed E-state index contributed by atoms with van der Waals surface area (Å²) in [6, 6.07) is 8.15. The van der Waals surface area contributed by atoms with E-state index >= 15 is 0 Å². The van der Waals surface area contributed by atoms with Crippen LogP contribution in [0.5, 0.6) is 5.75 Å². The maximum atomic E-state index is 10.7. The molecule has 1 saturated heterocycles. The van der Waals surface area contributed by atoms with Gasteiger partial charge in [-0.2, -0.15) is 5.10 Å². The summed E-state index contributed by atoms with van der Waals surface area (Å²) in [5.74, 6) is 0.980. The molecule has 8 heteroatoms. The predicted octanol–water partition coefficient (Wildman–Crippen LogP) is 2.35. The molecule has 1 aliphatic heterocycles. The highest BCUT2D eigenvalue weighted by Gasteiger charge is 2.19. The zero-order valence-corrected chi connectivity index (χ0v) is 18.1. The largest absolute Gasteiger partial charge is 0.488 e. The number of carbonyl (C=O) groups excluding carboxylic acids is 1. The van der Waals surface area contributed by atoms with E-state index in [0.717, 1.165) is 67.2 Å². The van der Waals surface area contributed by atoms with Crippen LogP contribution in [0.1, 0.15) is 20.3 Å². The third kappa shape index (κ3) is 4.80. The highest BCUT2D eigenvalue weighted by molar-refractivity contribution is 5.69. The maximum absolute atomic E-state index is 10.7. The molecule has 3 aromatic heterocycles. The van der Waals surface area contributed by atoms with Gasteiger partial charge in [0, 0.05) is 50.4 Å². The summed E-state index contributed by atoms with van der Waals surface area (Å²) in [5, 5.41) is 10.6. The molecule has 3 aromatic rings. The zero-order chi connectivity index (χ0) is 21.6. The van der Waals surface area contributed by atoms with E-state index in [1.54, 1.807) is 6.20 Å². The summed E-state index contributed by atoms with van der Waals surface area (Å²) in [4.78, 5) is 17.8. The average molecular weight is 423 g/mol. The van der Waals surface area contributed by atoms with E-state index in [1.807, 2.05) is 36.0 Å². The lowest BCUT2D eigenvalue weighted by atomic mass is 10.0. The van der Waals surface area contributed by atoms with Crippen LogP contribution in [0.3, 0.4) is 0 Å². The molecule has 2 N–H and O–H groups in total. The number of nitrogens with one attached hydrogen (secondary N) is 2. The van der Waals surface area contributed by atoms with Crippen LogP contribution in [-0.2, 0) is 4.79 Å². The van der Waals surface area contributed by atoms with Gasteiger partial charge in [-0.1, -0.05) is 6.92 Å². The van der Waals surface area contributed by atoms with Crippen molar-refractivity contribution in [2.75, 3.05) is 37.6 Å². The van der Waals surface area contributed by atoms with Crippen molar-refractivity contribution in [1.29, 1.82) is 0 Å². The first-order valence-electron chi connectivity index (χ1n) is 10.9. The molecule has 0 spiro atoms. The zero-order valence-electron chi connectivity index (χ0n) is 18.1. The van der Waals surface area contributed by atoms with Crippen molar-refractivity contribution in [1.82, 2.24) is 25.2 Å². The number of carbonyl (C=O) groups is 1. The molecule has 1 amide bonds. The molecular weight excluding hydrogens is 392 g/mol. The molecule has 1 fully saturated rings. The van der Waals surface area contributed by atoms with Gasteiger partial charge in [0.1, 0.15) is 17.4 Å². The van der Waals surface area contributed by atoms with E-state index in [2.05, 4.69) is 39.7 Å². The molecule has 4 rings (SSSR count). The van der Waals surface area contributed by atoms with Crippen LogP contribution in [0.25, 0.3) is 16.8 Å². The number of fused-ring (bicyclic) bond motifs is 1. The van der Waals surface area contributed by atoms with E-state index in [0.29, 0.717) is 6.54 Å². The second-order valence-corrected chi connectivity index (χ2v) is 7.91. The van der Waals surface area contributed by atoms with Gasteiger partial charge in [0.15, 0.2) is 0 Å². The fourth-order valence-electron chi connectivity index (χ4n) is 4.04. The second-order valence-electron chi connectivity index (χ2n) is 7.91. The SMILES string of the molecule is CCC(CNC=O)C(C)Oc1cc(-c2ccc(N3CCNCC3)cn2)cn2nccc12. The first kappa shape index (κ1) is 21.1. The van der Waals surface area contributed by atoms with E-state index in [9.17, 15) is 4.79 Å². The van der Waals surface area contributed by atoms with Crippen LogP contribution in [0, 0.1) is 5.92 Å². The first-order chi connectivity index (χ1) is 15.2. The van der Waals surface area contributed by atoms with E-state index in [1.165, 1.54) is 0 Å². The lowest BCUT2D eigenvalue weighted by Gasteiger charge is -2.29.